The van der Waals surface area contributed by atoms with Crippen molar-refractivity contribution in [1.82, 2.24) is 20.4 Å². The fourth-order valence-corrected chi connectivity index (χ4v) is 4.23. The zero-order chi connectivity index (χ0) is 24.6. The number of carbonyl (C=O) groups excluding carboxylic acids is 3. The second-order valence-corrected chi connectivity index (χ2v) is 8.37. The van der Waals surface area contributed by atoms with Gasteiger partial charge in [0.2, 0.25) is 5.91 Å². The molecule has 0 fully saturated rings. The normalized spacial score (nSPS) is 18.2. The Morgan fingerprint density at radius 2 is 1.91 bits per heavy atom. The zero-order valence-corrected chi connectivity index (χ0v) is 18.7. The van der Waals surface area contributed by atoms with Gasteiger partial charge in [0.15, 0.2) is 0 Å². The first-order valence-electron chi connectivity index (χ1n) is 10.3. The van der Waals surface area contributed by atoms with Crippen molar-refractivity contribution in [2.24, 2.45) is 0 Å². The summed E-state index contributed by atoms with van der Waals surface area (Å²) in [6, 6.07) is 10.3. The lowest BCUT2D eigenvalue weighted by Crippen LogP contribution is -2.45. The summed E-state index contributed by atoms with van der Waals surface area (Å²) in [6.07, 6.45) is -4.48. The third-order valence-corrected chi connectivity index (χ3v) is 6.07. The standard InChI is InChI=1S/C23H20ClF3N4O3/c1-30-17-11-31(12-18(32)28-10-13-5-4-6-14(9-13)23(25,26)27)21(33)19(17)20(29-22(30)34)15-7-2-3-8-16(15)24/h2-9,20H,10-12H2,1H3,(H,28,32)(H,29,34). The van der Waals surface area contributed by atoms with Crippen molar-refractivity contribution < 1.29 is 27.6 Å². The van der Waals surface area contributed by atoms with E-state index in [1.165, 1.54) is 29.0 Å². The van der Waals surface area contributed by atoms with Crippen LogP contribution in [0.2, 0.25) is 5.02 Å². The molecule has 0 aliphatic carbocycles. The first-order chi connectivity index (χ1) is 16.1. The van der Waals surface area contributed by atoms with Crippen molar-refractivity contribution in [1.29, 1.82) is 0 Å². The van der Waals surface area contributed by atoms with Crippen LogP contribution in [0.15, 0.2) is 59.8 Å². The van der Waals surface area contributed by atoms with Crippen LogP contribution in [0.1, 0.15) is 22.7 Å². The van der Waals surface area contributed by atoms with E-state index in [1.54, 1.807) is 24.3 Å². The molecule has 34 heavy (non-hydrogen) atoms. The van der Waals surface area contributed by atoms with Gasteiger partial charge in [0.05, 0.1) is 29.4 Å². The lowest BCUT2D eigenvalue weighted by molar-refractivity contribution is -0.137. The minimum absolute atomic E-state index is 0.0377. The van der Waals surface area contributed by atoms with Crippen LogP contribution in [0.5, 0.6) is 0 Å². The number of hydrogen-bond donors (Lipinski definition) is 2. The highest BCUT2D eigenvalue weighted by Crippen LogP contribution is 2.37. The van der Waals surface area contributed by atoms with Gasteiger partial charge in [-0.05, 0) is 29.3 Å². The smallest absolute Gasteiger partial charge is 0.350 e. The Labute approximate surface area is 198 Å². The summed E-state index contributed by atoms with van der Waals surface area (Å²) in [7, 11) is 1.53. The van der Waals surface area contributed by atoms with E-state index in [-0.39, 0.29) is 25.2 Å². The number of carbonyl (C=O) groups is 3. The van der Waals surface area contributed by atoms with Gasteiger partial charge in [-0.1, -0.05) is 41.9 Å². The average molecular weight is 493 g/mol. The molecule has 2 N–H and O–H groups in total. The van der Waals surface area contributed by atoms with Crippen LogP contribution in [0, 0.1) is 0 Å². The third-order valence-electron chi connectivity index (χ3n) is 5.73. The van der Waals surface area contributed by atoms with E-state index >= 15 is 0 Å². The maximum Gasteiger partial charge on any atom is 0.416 e. The Hall–Kier alpha value is -3.53. The summed E-state index contributed by atoms with van der Waals surface area (Å²) in [5.74, 6) is -0.970. The van der Waals surface area contributed by atoms with Gasteiger partial charge in [0.25, 0.3) is 5.91 Å². The zero-order valence-electron chi connectivity index (χ0n) is 17.9. The van der Waals surface area contributed by atoms with Crippen molar-refractivity contribution in [3.63, 3.8) is 0 Å². The SMILES string of the molecule is CN1C(=O)NC(c2ccccc2Cl)C2=C1CN(CC(=O)NCc1cccc(C(F)(F)F)c1)C2=O. The quantitative estimate of drug-likeness (QED) is 0.670. The predicted octanol–water partition coefficient (Wildman–Crippen LogP) is 3.47. The number of halogens is 4. The van der Waals surface area contributed by atoms with Crippen LogP contribution in [0.25, 0.3) is 0 Å². The van der Waals surface area contributed by atoms with Gasteiger partial charge in [0.1, 0.15) is 6.54 Å². The molecular formula is C23H20ClF3N4O3. The van der Waals surface area contributed by atoms with Gasteiger partial charge >= 0.3 is 12.2 Å². The highest BCUT2D eigenvalue weighted by atomic mass is 35.5. The molecule has 4 amide bonds. The molecular weight excluding hydrogens is 473 g/mol. The second kappa shape index (κ2) is 9.02. The molecule has 11 heteroatoms. The van der Waals surface area contributed by atoms with Crippen LogP contribution < -0.4 is 10.6 Å². The topological polar surface area (TPSA) is 81.8 Å². The van der Waals surface area contributed by atoms with E-state index in [1.807, 2.05) is 0 Å². The molecule has 2 heterocycles. The lowest BCUT2D eigenvalue weighted by Gasteiger charge is -2.31. The van der Waals surface area contributed by atoms with Crippen molar-refractivity contribution in [2.45, 2.75) is 18.8 Å². The molecule has 1 atom stereocenters. The molecule has 2 aliphatic heterocycles. The molecule has 2 aromatic rings. The average Bonchev–Trinajstić information content (AvgIpc) is 3.11. The van der Waals surface area contributed by atoms with Gasteiger partial charge in [0, 0.05) is 18.6 Å². The van der Waals surface area contributed by atoms with Crippen molar-refractivity contribution in [3.8, 4) is 0 Å². The summed E-state index contributed by atoms with van der Waals surface area (Å²) in [5, 5.41) is 5.69. The van der Waals surface area contributed by atoms with E-state index in [0.29, 0.717) is 21.9 Å². The number of urea groups is 1. The highest BCUT2D eigenvalue weighted by molar-refractivity contribution is 6.31. The summed E-state index contributed by atoms with van der Waals surface area (Å²) in [6.45, 7) is -0.405. The molecule has 7 nitrogen and oxygen atoms in total. The molecule has 0 spiro atoms. The van der Waals surface area contributed by atoms with Crippen LogP contribution in [0.4, 0.5) is 18.0 Å². The molecule has 1 unspecified atom stereocenters. The molecule has 0 aromatic heterocycles. The van der Waals surface area contributed by atoms with Crippen LogP contribution in [-0.2, 0) is 22.3 Å². The molecule has 4 rings (SSSR count). The molecule has 0 radical (unpaired) electrons. The molecule has 2 aliphatic rings. The molecule has 0 saturated carbocycles. The van der Waals surface area contributed by atoms with E-state index in [4.69, 9.17) is 11.6 Å². The minimum atomic E-state index is -4.48. The molecule has 0 saturated heterocycles. The third kappa shape index (κ3) is 4.58. The van der Waals surface area contributed by atoms with Gasteiger partial charge in [-0.2, -0.15) is 13.2 Å². The number of rotatable bonds is 5. The van der Waals surface area contributed by atoms with Crippen molar-refractivity contribution in [2.75, 3.05) is 20.1 Å². The molecule has 178 valence electrons. The second-order valence-electron chi connectivity index (χ2n) is 7.96. The number of alkyl halides is 3. The number of hydrogen-bond acceptors (Lipinski definition) is 3. The maximum atomic E-state index is 13.2. The Morgan fingerprint density at radius 3 is 2.62 bits per heavy atom. The largest absolute Gasteiger partial charge is 0.416 e. The van der Waals surface area contributed by atoms with Crippen molar-refractivity contribution in [3.05, 3.63) is 81.5 Å². The van der Waals surface area contributed by atoms with E-state index < -0.39 is 35.6 Å². The Kier molecular flexibility index (Phi) is 6.26. The van der Waals surface area contributed by atoms with Crippen LogP contribution in [0.3, 0.4) is 0 Å². The summed E-state index contributed by atoms with van der Waals surface area (Å²) in [5.41, 5.74) is 0.811. The summed E-state index contributed by atoms with van der Waals surface area (Å²) < 4.78 is 38.7. The van der Waals surface area contributed by atoms with Gasteiger partial charge in [-0.25, -0.2) is 4.79 Å². The highest BCUT2D eigenvalue weighted by Gasteiger charge is 2.43. The summed E-state index contributed by atoms with van der Waals surface area (Å²) >= 11 is 6.29. The first-order valence-corrected chi connectivity index (χ1v) is 10.7. The Morgan fingerprint density at radius 1 is 1.18 bits per heavy atom. The van der Waals surface area contributed by atoms with E-state index in [2.05, 4.69) is 10.6 Å². The fraction of sp³-hybridized carbons (Fsp3) is 0.261. The molecule has 2 aromatic carbocycles. The fourth-order valence-electron chi connectivity index (χ4n) is 3.98. The van der Waals surface area contributed by atoms with Crippen molar-refractivity contribution >= 4 is 29.4 Å². The number of nitrogens with zero attached hydrogens (tertiary/aromatic N) is 2. The number of amides is 4. The number of nitrogens with one attached hydrogen (secondary N) is 2. The minimum Gasteiger partial charge on any atom is -0.350 e. The Bertz CT molecular complexity index is 1200. The monoisotopic (exact) mass is 492 g/mol. The lowest BCUT2D eigenvalue weighted by atomic mass is 9.96. The maximum absolute atomic E-state index is 13.2. The van der Waals surface area contributed by atoms with E-state index in [9.17, 15) is 27.6 Å². The van der Waals surface area contributed by atoms with Gasteiger partial charge in [-0.15, -0.1) is 0 Å². The van der Waals surface area contributed by atoms with Gasteiger partial charge in [-0.3, -0.25) is 14.5 Å². The molecule has 0 bridgehead atoms. The van der Waals surface area contributed by atoms with E-state index in [0.717, 1.165) is 12.1 Å². The first kappa shape index (κ1) is 23.6. The van der Waals surface area contributed by atoms with Gasteiger partial charge < -0.3 is 15.5 Å². The summed E-state index contributed by atoms with van der Waals surface area (Å²) in [4.78, 5) is 40.8. The van der Waals surface area contributed by atoms with Crippen LogP contribution >= 0.6 is 11.6 Å². The number of likely N-dealkylation sites (N-methyl/N-ethyl adjacent to an activating group) is 1. The predicted molar refractivity (Wildman–Crippen MR) is 117 cm³/mol. The van der Waals surface area contributed by atoms with Crippen LogP contribution in [-0.4, -0.2) is 47.8 Å². The Balaban J connectivity index is 1.46. The number of benzene rings is 2.